The molecule has 1 unspecified atom stereocenters. The van der Waals surface area contributed by atoms with Crippen LogP contribution in [0.15, 0.2) is 67.0 Å². The SMILES string of the molecule is COC(=O)N[C@H](C(=O)N1C[C@H](C)C[C@H]1c1ncc(-c2ccc3c(c2)OC(c2ccc(C4CC4)s2)n2c-3cc3cc(-c4cnc([C@@H]5CC67CC6(C7)N5C(=O)[C@@H](NC(=O)OC)C(C)C)[nH]4)ccc32)[nH]1)C(C)C. The third-order valence-electron chi connectivity index (χ3n) is 16.1. The number of ether oxygens (including phenoxy) is 3. The van der Waals surface area contributed by atoms with Crippen molar-refractivity contribution >= 4 is 46.2 Å². The van der Waals surface area contributed by atoms with E-state index < -0.39 is 30.5 Å². The molecule has 17 heteroatoms. The summed E-state index contributed by atoms with van der Waals surface area (Å²) in [6.45, 7) is 10.4. The Bertz CT molecular complexity index is 3100. The smallest absolute Gasteiger partial charge is 0.407 e. The summed E-state index contributed by atoms with van der Waals surface area (Å²) in [6, 6.07) is 17.6. The second-order valence-corrected chi connectivity index (χ2v) is 22.5. The van der Waals surface area contributed by atoms with E-state index in [1.54, 1.807) is 0 Å². The number of carbonyl (C=O) groups excluding carboxylic acids is 4. The summed E-state index contributed by atoms with van der Waals surface area (Å²) in [7, 11) is 2.62. The number of aromatic amines is 2. The molecular formula is C53H59N9O7S. The zero-order valence-electron chi connectivity index (χ0n) is 40.5. The molecule has 2 aromatic carbocycles. The molecule has 6 aliphatic rings. The van der Waals surface area contributed by atoms with Gasteiger partial charge in [-0.1, -0.05) is 46.8 Å². The van der Waals surface area contributed by atoms with Crippen molar-refractivity contribution in [2.24, 2.45) is 23.2 Å². The summed E-state index contributed by atoms with van der Waals surface area (Å²) in [6.07, 6.45) is 8.09. The largest absolute Gasteiger partial charge is 0.464 e. The number of piperidine rings is 2. The Morgan fingerprint density at radius 1 is 0.800 bits per heavy atom. The van der Waals surface area contributed by atoms with Gasteiger partial charge < -0.3 is 44.6 Å². The Labute approximate surface area is 409 Å². The van der Waals surface area contributed by atoms with Gasteiger partial charge >= 0.3 is 12.2 Å². The maximum absolute atomic E-state index is 14.3. The molecule has 12 rings (SSSR count). The highest BCUT2D eigenvalue weighted by Gasteiger charge is 2.91. The summed E-state index contributed by atoms with van der Waals surface area (Å²) in [4.78, 5) is 76.1. The Hall–Kier alpha value is -6.62. The fourth-order valence-electron chi connectivity index (χ4n) is 12.0. The normalized spacial score (nSPS) is 25.7. The van der Waals surface area contributed by atoms with Gasteiger partial charge in [-0.25, -0.2) is 19.6 Å². The molecule has 0 spiro atoms. The van der Waals surface area contributed by atoms with Crippen LogP contribution in [-0.2, 0) is 19.1 Å². The summed E-state index contributed by atoms with van der Waals surface area (Å²) < 4.78 is 19.1. The molecule has 5 fully saturated rings. The Morgan fingerprint density at radius 2 is 1.43 bits per heavy atom. The zero-order valence-corrected chi connectivity index (χ0v) is 41.3. The summed E-state index contributed by atoms with van der Waals surface area (Å²) >= 11 is 1.83. The minimum absolute atomic E-state index is 0.0828. The van der Waals surface area contributed by atoms with Crippen LogP contribution in [-0.4, -0.2) is 96.7 Å². The van der Waals surface area contributed by atoms with Gasteiger partial charge in [0.2, 0.25) is 18.0 Å². The van der Waals surface area contributed by atoms with E-state index in [4.69, 9.17) is 24.2 Å². The van der Waals surface area contributed by atoms with Crippen LogP contribution in [0.5, 0.6) is 5.75 Å². The van der Waals surface area contributed by atoms with Crippen molar-refractivity contribution in [3.05, 3.63) is 88.4 Å². The fourth-order valence-corrected chi connectivity index (χ4v) is 13.2. The zero-order chi connectivity index (χ0) is 48.5. The van der Waals surface area contributed by atoms with Gasteiger partial charge in [0.25, 0.3) is 0 Å². The van der Waals surface area contributed by atoms with Crippen molar-refractivity contribution in [2.45, 2.75) is 115 Å². The number of alkyl carbamates (subject to hydrolysis) is 2. The molecule has 0 bridgehead atoms. The number of hydrogen-bond donors (Lipinski definition) is 4. The molecule has 7 heterocycles. The molecule has 4 N–H and O–H groups in total. The van der Waals surface area contributed by atoms with Gasteiger partial charge in [-0.2, -0.15) is 0 Å². The van der Waals surface area contributed by atoms with E-state index in [2.05, 4.69) is 86.7 Å². The average molecular weight is 966 g/mol. The van der Waals surface area contributed by atoms with E-state index in [0.29, 0.717) is 18.3 Å². The van der Waals surface area contributed by atoms with Crippen LogP contribution in [0.1, 0.15) is 119 Å². The highest BCUT2D eigenvalue weighted by Crippen LogP contribution is 2.89. The minimum Gasteiger partial charge on any atom is -0.464 e. The standard InChI is InChI=1S/C53H59N9O7S/c1-26(2)43(58-50(65)67-6)47(63)60-23-28(5)16-38(60)45-54-22-35(56-45)31-10-12-33-37-18-32-17-30(11-13-36(32)61(37)49(69-40(33)19-31)42-15-14-41(70-42)29-8-9-29)34-21-55-46(57-34)39-20-52-24-53(52,25-52)62(39)48(64)44(27(3)4)59-51(66)68-7/h10-15,17-19,21-22,26-29,38-39,43-44,49H,8-9,16,20,23-25H2,1-7H3,(H,54,56)(H,55,57)(H,58,65)(H,59,66)/t28-,38+,39+,43+,44+,49?,52?,53?/m1/s1. The number of nitrogens with zero attached hydrogens (tertiary/aromatic N) is 5. The first-order valence-corrected chi connectivity index (χ1v) is 25.5. The highest BCUT2D eigenvalue weighted by molar-refractivity contribution is 7.12. The van der Waals surface area contributed by atoms with Crippen LogP contribution < -0.4 is 15.4 Å². The van der Waals surface area contributed by atoms with Gasteiger partial charge in [0.15, 0.2) is 0 Å². The minimum atomic E-state index is -0.727. The Kier molecular flexibility index (Phi) is 10.3. The van der Waals surface area contributed by atoms with Crippen LogP contribution in [0.25, 0.3) is 44.7 Å². The van der Waals surface area contributed by atoms with Crippen molar-refractivity contribution in [1.29, 1.82) is 0 Å². The highest BCUT2D eigenvalue weighted by atomic mass is 32.1. The lowest BCUT2D eigenvalue weighted by Crippen LogP contribution is -2.53. The lowest BCUT2D eigenvalue weighted by molar-refractivity contribution is -0.139. The maximum atomic E-state index is 14.3. The van der Waals surface area contributed by atoms with E-state index >= 15 is 0 Å². The molecular weight excluding hydrogens is 907 g/mol. The van der Waals surface area contributed by atoms with Crippen LogP contribution in [0.3, 0.4) is 0 Å². The first-order chi connectivity index (χ1) is 33.7. The number of H-pyrrole nitrogens is 2. The maximum Gasteiger partial charge on any atom is 0.407 e. The van der Waals surface area contributed by atoms with Crippen molar-refractivity contribution < 1.29 is 33.4 Å². The average Bonchev–Trinajstić information content (AvgIpc) is 3.93. The van der Waals surface area contributed by atoms with Gasteiger partial charge in [0.1, 0.15) is 29.5 Å². The number of thiophene rings is 1. The first kappa shape index (κ1) is 44.6. The van der Waals surface area contributed by atoms with Crippen molar-refractivity contribution in [3.63, 3.8) is 0 Å². The summed E-state index contributed by atoms with van der Waals surface area (Å²) in [5.74, 6) is 2.60. The molecule has 4 aromatic heterocycles. The number of methoxy groups -OCH3 is 2. The predicted molar refractivity (Wildman–Crippen MR) is 263 cm³/mol. The third kappa shape index (κ3) is 7.11. The third-order valence-corrected chi connectivity index (χ3v) is 17.3. The van der Waals surface area contributed by atoms with Gasteiger partial charge in [0.05, 0.1) is 71.7 Å². The van der Waals surface area contributed by atoms with Gasteiger partial charge in [-0.15, -0.1) is 11.3 Å². The summed E-state index contributed by atoms with van der Waals surface area (Å²) in [5.41, 5.74) is 6.66. The van der Waals surface area contributed by atoms with Crippen molar-refractivity contribution in [1.82, 2.24) is 44.9 Å². The molecule has 4 amide bonds. The van der Waals surface area contributed by atoms with E-state index in [1.165, 1.54) is 31.9 Å². The Balaban J connectivity index is 0.851. The number of likely N-dealkylation sites (tertiary alicyclic amines) is 2. The number of fused-ring (bicyclic) bond motifs is 5. The predicted octanol–water partition coefficient (Wildman–Crippen LogP) is 9.44. The van der Waals surface area contributed by atoms with E-state index in [0.717, 1.165) is 86.8 Å². The fraction of sp³-hybridized carbons (Fsp3) is 0.472. The van der Waals surface area contributed by atoms with Crippen LogP contribution >= 0.6 is 11.3 Å². The second kappa shape index (κ2) is 16.2. The molecule has 3 aliphatic carbocycles. The molecule has 364 valence electrons. The molecule has 16 nitrogen and oxygen atoms in total. The van der Waals surface area contributed by atoms with Gasteiger partial charge in [0, 0.05) is 38.9 Å². The number of amides is 4. The molecule has 70 heavy (non-hydrogen) atoms. The van der Waals surface area contributed by atoms with Crippen LogP contribution in [0, 0.1) is 23.2 Å². The quantitative estimate of drug-likeness (QED) is 0.0926. The number of imidazole rings is 2. The number of aromatic nitrogens is 5. The molecule has 0 radical (unpaired) electrons. The van der Waals surface area contributed by atoms with E-state index in [-0.39, 0.29) is 52.6 Å². The summed E-state index contributed by atoms with van der Waals surface area (Å²) in [5, 5.41) is 6.61. The number of carbonyl (C=O) groups is 4. The number of rotatable bonds is 12. The molecule has 3 aliphatic heterocycles. The lowest BCUT2D eigenvalue weighted by Gasteiger charge is -2.36. The van der Waals surface area contributed by atoms with E-state index in [1.807, 2.05) is 61.2 Å². The van der Waals surface area contributed by atoms with Crippen LogP contribution in [0.2, 0.25) is 0 Å². The number of benzene rings is 2. The second-order valence-electron chi connectivity index (χ2n) is 21.4. The van der Waals surface area contributed by atoms with E-state index in [9.17, 15) is 19.2 Å². The molecule has 6 atom stereocenters. The van der Waals surface area contributed by atoms with Crippen molar-refractivity contribution in [3.8, 4) is 39.5 Å². The van der Waals surface area contributed by atoms with Gasteiger partial charge in [-0.3, -0.25) is 14.2 Å². The molecule has 2 saturated heterocycles. The lowest BCUT2D eigenvalue weighted by atomic mass is 9.97. The molecule has 3 saturated carbocycles. The Morgan fingerprint density at radius 3 is 2.09 bits per heavy atom. The molecule has 6 aromatic rings. The number of hydrogen-bond acceptors (Lipinski definition) is 10. The van der Waals surface area contributed by atoms with Crippen LogP contribution in [0.4, 0.5) is 9.59 Å². The van der Waals surface area contributed by atoms with Crippen molar-refractivity contribution in [2.75, 3.05) is 20.8 Å². The van der Waals surface area contributed by atoms with Gasteiger partial charge in [-0.05, 0) is 105 Å². The monoisotopic (exact) mass is 965 g/mol. The number of nitrogens with one attached hydrogen (secondary N) is 4. The first-order valence-electron chi connectivity index (χ1n) is 24.7. The topological polar surface area (TPSA) is 189 Å².